The van der Waals surface area contributed by atoms with Gasteiger partial charge in [0.1, 0.15) is 5.82 Å². The molecule has 3 heteroatoms. The summed E-state index contributed by atoms with van der Waals surface area (Å²) in [7, 11) is 0. The molecule has 4 rings (SSSR count). The molecule has 0 spiro atoms. The number of aliphatic imine (C=N–C) groups is 1. The van der Waals surface area contributed by atoms with Crippen molar-refractivity contribution in [2.75, 3.05) is 0 Å². The highest BCUT2D eigenvalue weighted by Crippen LogP contribution is 2.46. The van der Waals surface area contributed by atoms with E-state index in [1.54, 1.807) is 12.1 Å². The summed E-state index contributed by atoms with van der Waals surface area (Å²) in [6.07, 6.45) is 4.83. The van der Waals surface area contributed by atoms with Gasteiger partial charge < -0.3 is 0 Å². The summed E-state index contributed by atoms with van der Waals surface area (Å²) in [4.78, 5) is 17.4. The summed E-state index contributed by atoms with van der Waals surface area (Å²) in [5.74, 6) is -0.411. The van der Waals surface area contributed by atoms with E-state index in [0.717, 1.165) is 11.3 Å². The molecule has 2 nitrogen and oxygen atoms in total. The molecule has 22 heavy (non-hydrogen) atoms. The second-order valence-electron chi connectivity index (χ2n) is 7.03. The molecule has 0 aromatic heterocycles. The summed E-state index contributed by atoms with van der Waals surface area (Å²) in [6, 6.07) is 4.78. The standard InChI is InChI=1S/C19H18FNO/c1-10-9-19(2,3)21-16-8-14-13(7-12(10)16)17-11(18(14)22)5-4-6-15(17)20/h4-7,9,12,14H,8H2,1-3H3. The Morgan fingerprint density at radius 3 is 2.86 bits per heavy atom. The van der Waals surface area contributed by atoms with Gasteiger partial charge in [0.15, 0.2) is 5.78 Å². The molecule has 112 valence electrons. The van der Waals surface area contributed by atoms with Crippen LogP contribution in [0.4, 0.5) is 4.39 Å². The van der Waals surface area contributed by atoms with Crippen LogP contribution in [0, 0.1) is 17.7 Å². The Hall–Kier alpha value is -2.03. The van der Waals surface area contributed by atoms with E-state index in [4.69, 9.17) is 4.99 Å². The third-order valence-corrected chi connectivity index (χ3v) is 4.88. The van der Waals surface area contributed by atoms with Crippen molar-refractivity contribution in [3.8, 4) is 0 Å². The van der Waals surface area contributed by atoms with Crippen LogP contribution in [0.25, 0.3) is 5.57 Å². The van der Waals surface area contributed by atoms with Crippen molar-refractivity contribution in [1.82, 2.24) is 0 Å². The van der Waals surface area contributed by atoms with E-state index in [9.17, 15) is 9.18 Å². The van der Waals surface area contributed by atoms with Gasteiger partial charge in [-0.25, -0.2) is 4.39 Å². The van der Waals surface area contributed by atoms with Gasteiger partial charge in [-0.1, -0.05) is 29.9 Å². The minimum atomic E-state index is -0.294. The minimum Gasteiger partial charge on any atom is -0.293 e. The Balaban J connectivity index is 1.90. The topological polar surface area (TPSA) is 29.4 Å². The third-order valence-electron chi connectivity index (χ3n) is 4.88. The molecule has 2 atom stereocenters. The normalized spacial score (nSPS) is 28.2. The highest BCUT2D eigenvalue weighted by molar-refractivity contribution is 6.18. The number of benzene rings is 1. The van der Waals surface area contributed by atoms with E-state index in [0.29, 0.717) is 17.5 Å². The second kappa shape index (κ2) is 4.25. The fraction of sp³-hybridized carbons (Fsp3) is 0.368. The Labute approximate surface area is 129 Å². The molecule has 1 heterocycles. The van der Waals surface area contributed by atoms with Gasteiger partial charge in [0, 0.05) is 29.2 Å². The van der Waals surface area contributed by atoms with E-state index in [-0.39, 0.29) is 29.0 Å². The van der Waals surface area contributed by atoms with Crippen molar-refractivity contribution in [1.29, 1.82) is 0 Å². The van der Waals surface area contributed by atoms with Crippen LogP contribution in [-0.2, 0) is 0 Å². The first-order valence-electron chi connectivity index (χ1n) is 7.70. The number of fused-ring (bicyclic) bond motifs is 4. The maximum Gasteiger partial charge on any atom is 0.171 e. The highest BCUT2D eigenvalue weighted by atomic mass is 19.1. The number of hydrogen-bond donors (Lipinski definition) is 0. The zero-order valence-electron chi connectivity index (χ0n) is 13.0. The van der Waals surface area contributed by atoms with Crippen LogP contribution in [-0.4, -0.2) is 17.0 Å². The first-order chi connectivity index (χ1) is 10.4. The van der Waals surface area contributed by atoms with E-state index >= 15 is 0 Å². The van der Waals surface area contributed by atoms with Gasteiger partial charge >= 0.3 is 0 Å². The molecule has 1 aromatic rings. The van der Waals surface area contributed by atoms with Crippen molar-refractivity contribution in [2.45, 2.75) is 32.7 Å². The maximum absolute atomic E-state index is 14.2. The van der Waals surface area contributed by atoms with Crippen LogP contribution in [0.2, 0.25) is 0 Å². The molecule has 2 aliphatic carbocycles. The lowest BCUT2D eigenvalue weighted by Gasteiger charge is -2.34. The Kier molecular flexibility index (Phi) is 2.63. The molecule has 0 N–H and O–H groups in total. The second-order valence-corrected chi connectivity index (χ2v) is 7.03. The lowest BCUT2D eigenvalue weighted by Crippen LogP contribution is -2.33. The van der Waals surface area contributed by atoms with Crippen LogP contribution in [0.1, 0.15) is 43.1 Å². The summed E-state index contributed by atoms with van der Waals surface area (Å²) in [6.45, 7) is 6.24. The zero-order chi connectivity index (χ0) is 15.6. The number of carbonyl (C=O) groups is 1. The van der Waals surface area contributed by atoms with Gasteiger partial charge in [-0.3, -0.25) is 9.79 Å². The SMILES string of the molecule is CC1=CC(C)(C)N=C2CC3C(=O)c4cccc(F)c4C3=CC12. The fourth-order valence-corrected chi connectivity index (χ4v) is 4.10. The van der Waals surface area contributed by atoms with Crippen molar-refractivity contribution in [3.05, 3.63) is 52.9 Å². The number of hydrogen-bond acceptors (Lipinski definition) is 2. The summed E-state index contributed by atoms with van der Waals surface area (Å²) in [5.41, 5.74) is 3.96. The molecule has 1 aromatic carbocycles. The Morgan fingerprint density at radius 1 is 1.32 bits per heavy atom. The molecule has 0 fully saturated rings. The number of Topliss-reactive ketones (excluding diaryl/α,β-unsaturated/α-hetero) is 1. The number of nitrogens with zero attached hydrogens (tertiary/aromatic N) is 1. The van der Waals surface area contributed by atoms with Gasteiger partial charge in [-0.05, 0) is 32.4 Å². The lowest BCUT2D eigenvalue weighted by atomic mass is 9.75. The monoisotopic (exact) mass is 295 g/mol. The first-order valence-corrected chi connectivity index (χ1v) is 7.70. The molecule has 0 saturated heterocycles. The van der Waals surface area contributed by atoms with E-state index in [1.165, 1.54) is 11.6 Å². The molecule has 0 saturated carbocycles. The summed E-state index contributed by atoms with van der Waals surface area (Å²) < 4.78 is 14.2. The number of rotatable bonds is 0. The lowest BCUT2D eigenvalue weighted by molar-refractivity contribution is 0.0959. The summed E-state index contributed by atoms with van der Waals surface area (Å²) in [5, 5.41) is 0. The van der Waals surface area contributed by atoms with Gasteiger partial charge in [0.2, 0.25) is 0 Å². The predicted molar refractivity (Wildman–Crippen MR) is 85.6 cm³/mol. The maximum atomic E-state index is 14.2. The van der Waals surface area contributed by atoms with Gasteiger partial charge in [-0.15, -0.1) is 0 Å². The molecule has 0 radical (unpaired) electrons. The molecular formula is C19H18FNO. The number of allylic oxidation sites excluding steroid dienone is 3. The summed E-state index contributed by atoms with van der Waals surface area (Å²) >= 11 is 0. The predicted octanol–water partition coefficient (Wildman–Crippen LogP) is 4.22. The largest absolute Gasteiger partial charge is 0.293 e. The minimum absolute atomic E-state index is 0.0342. The first kappa shape index (κ1) is 13.6. The third kappa shape index (κ3) is 1.78. The van der Waals surface area contributed by atoms with Crippen LogP contribution in [0.5, 0.6) is 0 Å². The molecular weight excluding hydrogens is 277 g/mol. The van der Waals surface area contributed by atoms with Gasteiger partial charge in [-0.2, -0.15) is 0 Å². The number of carbonyl (C=O) groups excluding carboxylic acids is 1. The van der Waals surface area contributed by atoms with Gasteiger partial charge in [0.05, 0.1) is 11.5 Å². The van der Waals surface area contributed by atoms with Crippen LogP contribution >= 0.6 is 0 Å². The van der Waals surface area contributed by atoms with E-state index in [2.05, 4.69) is 32.9 Å². The average molecular weight is 295 g/mol. The number of halogens is 1. The smallest absolute Gasteiger partial charge is 0.171 e. The average Bonchev–Trinajstić information content (AvgIpc) is 2.71. The van der Waals surface area contributed by atoms with E-state index in [1.807, 2.05) is 0 Å². The molecule has 2 unspecified atom stereocenters. The van der Waals surface area contributed by atoms with Crippen molar-refractivity contribution in [3.63, 3.8) is 0 Å². The highest BCUT2D eigenvalue weighted by Gasteiger charge is 2.43. The Bertz CT molecular complexity index is 798. The molecule has 1 aliphatic heterocycles. The quantitative estimate of drug-likeness (QED) is 0.659. The number of ketones is 1. The van der Waals surface area contributed by atoms with Crippen molar-refractivity contribution in [2.24, 2.45) is 16.8 Å². The van der Waals surface area contributed by atoms with Crippen LogP contribution < -0.4 is 0 Å². The van der Waals surface area contributed by atoms with E-state index < -0.39 is 0 Å². The van der Waals surface area contributed by atoms with Crippen molar-refractivity contribution >= 4 is 17.1 Å². The molecule has 3 aliphatic rings. The molecule has 0 bridgehead atoms. The van der Waals surface area contributed by atoms with Crippen LogP contribution in [0.3, 0.4) is 0 Å². The zero-order valence-corrected chi connectivity index (χ0v) is 13.0. The van der Waals surface area contributed by atoms with Gasteiger partial charge in [0.25, 0.3) is 0 Å². The molecule has 0 amide bonds. The fourth-order valence-electron chi connectivity index (χ4n) is 4.10. The Morgan fingerprint density at radius 2 is 2.09 bits per heavy atom. The number of dihydropyridines is 1. The van der Waals surface area contributed by atoms with Crippen molar-refractivity contribution < 1.29 is 9.18 Å². The van der Waals surface area contributed by atoms with Crippen LogP contribution in [0.15, 0.2) is 40.9 Å².